The third kappa shape index (κ3) is 5.36. The van der Waals surface area contributed by atoms with Crippen molar-refractivity contribution in [2.24, 2.45) is 0 Å². The molecule has 4 rings (SSSR count). The van der Waals surface area contributed by atoms with Crippen LogP contribution in [0, 0.1) is 18.3 Å². The highest BCUT2D eigenvalue weighted by Gasteiger charge is 2.23. The number of furan rings is 1. The summed E-state index contributed by atoms with van der Waals surface area (Å²) in [6, 6.07) is 22.0. The second-order valence-corrected chi connectivity index (χ2v) is 8.17. The maximum atomic E-state index is 12.9. The minimum absolute atomic E-state index is 0.177. The van der Waals surface area contributed by atoms with Gasteiger partial charge in [-0.15, -0.1) is 11.8 Å². The molecular weight excluding hydrogens is 452 g/mol. The van der Waals surface area contributed by atoms with Crippen LogP contribution >= 0.6 is 11.8 Å². The molecule has 170 valence electrons. The van der Waals surface area contributed by atoms with Gasteiger partial charge in [0.2, 0.25) is 0 Å². The molecule has 0 aliphatic carbocycles. The molecule has 0 radical (unpaired) electrons. The molecule has 0 aliphatic rings. The molecule has 34 heavy (non-hydrogen) atoms. The summed E-state index contributed by atoms with van der Waals surface area (Å²) in [5.74, 6) is 0.156. The first-order valence-corrected chi connectivity index (χ1v) is 11.3. The number of carbonyl (C=O) groups excluding carboxylic acids is 2. The third-order valence-corrected chi connectivity index (χ3v) is 5.66. The first kappa shape index (κ1) is 22.9. The van der Waals surface area contributed by atoms with Gasteiger partial charge in [0.15, 0.2) is 12.4 Å². The van der Waals surface area contributed by atoms with E-state index >= 15 is 0 Å². The van der Waals surface area contributed by atoms with Crippen molar-refractivity contribution in [2.75, 3.05) is 17.7 Å². The lowest BCUT2D eigenvalue weighted by atomic mass is 10.2. The lowest BCUT2D eigenvalue weighted by molar-refractivity contribution is -0.119. The summed E-state index contributed by atoms with van der Waals surface area (Å²) in [6.07, 6.45) is 1.55. The van der Waals surface area contributed by atoms with Gasteiger partial charge in [0.1, 0.15) is 17.0 Å². The summed E-state index contributed by atoms with van der Waals surface area (Å²) < 4.78 is 12.5. The zero-order valence-corrected chi connectivity index (χ0v) is 19.0. The predicted octanol–water partition coefficient (Wildman–Crippen LogP) is 4.85. The lowest BCUT2D eigenvalue weighted by Gasteiger charge is -2.10. The Balaban J connectivity index is 1.50. The maximum Gasteiger partial charge on any atom is 0.342 e. The number of aromatic nitrogens is 2. The van der Waals surface area contributed by atoms with Gasteiger partial charge in [-0.2, -0.15) is 10.4 Å². The van der Waals surface area contributed by atoms with E-state index in [1.807, 2.05) is 36.4 Å². The van der Waals surface area contributed by atoms with Gasteiger partial charge < -0.3 is 14.5 Å². The van der Waals surface area contributed by atoms with Crippen molar-refractivity contribution in [2.45, 2.75) is 11.8 Å². The molecule has 4 aromatic rings. The van der Waals surface area contributed by atoms with Crippen molar-refractivity contribution in [3.05, 3.63) is 84.3 Å². The number of hydrogen-bond donors (Lipinski definition) is 1. The monoisotopic (exact) mass is 472 g/mol. The summed E-state index contributed by atoms with van der Waals surface area (Å²) in [4.78, 5) is 26.1. The zero-order chi connectivity index (χ0) is 23.9. The molecule has 8 nitrogen and oxygen atoms in total. The van der Waals surface area contributed by atoms with Crippen molar-refractivity contribution in [3.8, 4) is 23.2 Å². The van der Waals surface area contributed by atoms with Gasteiger partial charge in [-0.1, -0.05) is 30.3 Å². The summed E-state index contributed by atoms with van der Waals surface area (Å²) >= 11 is 1.31. The molecule has 0 spiro atoms. The number of anilines is 1. The number of hydrogen-bond acceptors (Lipinski definition) is 7. The van der Waals surface area contributed by atoms with Gasteiger partial charge >= 0.3 is 5.97 Å². The van der Waals surface area contributed by atoms with Crippen molar-refractivity contribution < 1.29 is 18.7 Å². The van der Waals surface area contributed by atoms with E-state index in [9.17, 15) is 9.59 Å². The van der Waals surface area contributed by atoms with Gasteiger partial charge in [-0.3, -0.25) is 4.79 Å². The highest BCUT2D eigenvalue weighted by atomic mass is 32.2. The lowest BCUT2D eigenvalue weighted by Crippen LogP contribution is -2.21. The fraction of sp³-hybridized carbons (Fsp3) is 0.120. The smallest absolute Gasteiger partial charge is 0.342 e. The summed E-state index contributed by atoms with van der Waals surface area (Å²) in [6.45, 7) is 1.32. The van der Waals surface area contributed by atoms with E-state index in [1.54, 1.807) is 48.1 Å². The zero-order valence-electron chi connectivity index (χ0n) is 18.2. The van der Waals surface area contributed by atoms with Crippen LogP contribution in [0.1, 0.15) is 16.1 Å². The molecule has 0 saturated heterocycles. The molecule has 0 atom stereocenters. The molecule has 0 unspecified atom stereocenters. The number of para-hydroxylation sites is 2. The largest absolute Gasteiger partial charge is 0.460 e. The quantitative estimate of drug-likeness (QED) is 0.288. The van der Waals surface area contributed by atoms with E-state index in [0.717, 1.165) is 10.6 Å². The number of esters is 1. The van der Waals surface area contributed by atoms with Crippen LogP contribution in [0.4, 0.5) is 5.69 Å². The molecule has 9 heteroatoms. The number of aryl methyl sites for hydroxylation is 1. The molecule has 1 amide bonds. The van der Waals surface area contributed by atoms with E-state index in [2.05, 4.69) is 16.5 Å². The van der Waals surface area contributed by atoms with E-state index < -0.39 is 18.5 Å². The summed E-state index contributed by atoms with van der Waals surface area (Å²) in [7, 11) is 0. The van der Waals surface area contributed by atoms with Gasteiger partial charge in [0, 0.05) is 11.1 Å². The Morgan fingerprint density at radius 1 is 1.12 bits per heavy atom. The molecule has 2 aromatic heterocycles. The molecule has 1 N–H and O–H groups in total. The Bertz CT molecular complexity index is 1350. The van der Waals surface area contributed by atoms with Crippen LogP contribution in [0.15, 0.2) is 82.2 Å². The molecule has 2 aromatic carbocycles. The normalized spacial score (nSPS) is 10.5. The van der Waals surface area contributed by atoms with Gasteiger partial charge in [-0.25, -0.2) is 9.48 Å². The Kier molecular flexibility index (Phi) is 7.10. The van der Waals surface area contributed by atoms with Crippen LogP contribution in [-0.4, -0.2) is 34.0 Å². The van der Waals surface area contributed by atoms with Gasteiger partial charge in [-0.05, 0) is 43.3 Å². The van der Waals surface area contributed by atoms with Crippen molar-refractivity contribution in [3.63, 3.8) is 0 Å². The SMILES string of the molecule is Cc1ccc(-c2nn(-c3ccccc3)cc2C(=O)OCC(=O)Nc2ccccc2SCC#N)o1. The average molecular weight is 473 g/mol. The number of nitriles is 1. The maximum absolute atomic E-state index is 12.9. The first-order chi connectivity index (χ1) is 16.5. The fourth-order valence-corrected chi connectivity index (χ4v) is 3.85. The highest BCUT2D eigenvalue weighted by molar-refractivity contribution is 7.99. The second-order valence-electron chi connectivity index (χ2n) is 7.15. The number of nitrogens with one attached hydrogen (secondary N) is 1. The van der Waals surface area contributed by atoms with Crippen LogP contribution in [0.2, 0.25) is 0 Å². The average Bonchev–Trinajstić information content (AvgIpc) is 3.49. The third-order valence-electron chi connectivity index (χ3n) is 4.72. The van der Waals surface area contributed by atoms with Gasteiger partial charge in [0.05, 0.1) is 23.2 Å². The van der Waals surface area contributed by atoms with Crippen LogP contribution in [0.3, 0.4) is 0 Å². The highest BCUT2D eigenvalue weighted by Crippen LogP contribution is 2.28. The Hall–Kier alpha value is -4.29. The standard InChI is InChI=1S/C25H20N4O4S/c1-17-11-12-21(33-17)24-19(15-29(28-24)18-7-3-2-4-8-18)25(31)32-16-23(30)27-20-9-5-6-10-22(20)34-14-13-26/h2-12,15H,14,16H2,1H3,(H,27,30). The minimum Gasteiger partial charge on any atom is -0.460 e. The van der Waals surface area contributed by atoms with Crippen LogP contribution in [0.25, 0.3) is 17.1 Å². The second kappa shape index (κ2) is 10.6. The molecule has 0 bridgehead atoms. The molecule has 0 aliphatic heterocycles. The topological polar surface area (TPSA) is 110 Å². The van der Waals surface area contributed by atoms with E-state index in [0.29, 0.717) is 22.9 Å². The summed E-state index contributed by atoms with van der Waals surface area (Å²) in [5.41, 5.74) is 1.80. The van der Waals surface area contributed by atoms with Gasteiger partial charge in [0.25, 0.3) is 5.91 Å². The van der Waals surface area contributed by atoms with Crippen LogP contribution in [0.5, 0.6) is 0 Å². The molecule has 2 heterocycles. The van der Waals surface area contributed by atoms with E-state index in [4.69, 9.17) is 14.4 Å². The van der Waals surface area contributed by atoms with Crippen molar-refractivity contribution >= 4 is 29.3 Å². The predicted molar refractivity (Wildman–Crippen MR) is 128 cm³/mol. The number of amides is 1. The number of ether oxygens (including phenoxy) is 1. The van der Waals surface area contributed by atoms with Crippen molar-refractivity contribution in [1.29, 1.82) is 5.26 Å². The first-order valence-electron chi connectivity index (χ1n) is 10.3. The van der Waals surface area contributed by atoms with Crippen LogP contribution in [-0.2, 0) is 9.53 Å². The summed E-state index contributed by atoms with van der Waals surface area (Å²) in [5, 5.41) is 16.0. The fourth-order valence-electron chi connectivity index (χ4n) is 3.18. The number of benzene rings is 2. The number of thioether (sulfide) groups is 1. The Labute approximate surface area is 200 Å². The minimum atomic E-state index is -0.700. The van der Waals surface area contributed by atoms with Crippen LogP contribution < -0.4 is 5.32 Å². The van der Waals surface area contributed by atoms with E-state index in [1.165, 1.54) is 11.8 Å². The number of carbonyl (C=O) groups is 2. The number of nitrogens with zero attached hydrogens (tertiary/aromatic N) is 3. The Morgan fingerprint density at radius 3 is 2.62 bits per heavy atom. The molecule has 0 saturated carbocycles. The van der Waals surface area contributed by atoms with Crippen molar-refractivity contribution in [1.82, 2.24) is 9.78 Å². The molecule has 0 fully saturated rings. The number of rotatable bonds is 8. The Morgan fingerprint density at radius 2 is 1.88 bits per heavy atom. The molecular formula is C25H20N4O4S. The van der Waals surface area contributed by atoms with E-state index in [-0.39, 0.29) is 11.3 Å².